The third-order valence-corrected chi connectivity index (χ3v) is 6.48. The fourth-order valence-electron chi connectivity index (χ4n) is 4.93. The van der Waals surface area contributed by atoms with Gasteiger partial charge in [-0.2, -0.15) is 0 Å². The molecule has 6 heteroatoms. The number of carboxylic acids is 1. The summed E-state index contributed by atoms with van der Waals surface area (Å²) in [4.78, 5) is 16.5. The van der Waals surface area contributed by atoms with Crippen LogP contribution in [-0.2, 0) is 14.3 Å². The first-order chi connectivity index (χ1) is 16.2. The molecule has 1 N–H and O–H groups in total. The number of hydrogen-bond acceptors (Lipinski definition) is 4. The van der Waals surface area contributed by atoms with Gasteiger partial charge in [-0.15, -0.1) is 0 Å². The first kappa shape index (κ1) is 22.7. The smallest absolute Gasteiger partial charge is 0.305 e. The molecule has 1 saturated heterocycles. The van der Waals surface area contributed by atoms with Gasteiger partial charge in [0.2, 0.25) is 0 Å². The summed E-state index contributed by atoms with van der Waals surface area (Å²) in [6, 6.07) is 14.5. The molecule has 34 heavy (non-hydrogen) atoms. The quantitative estimate of drug-likeness (QED) is 0.465. The second kappa shape index (κ2) is 8.60. The first-order valence-electron chi connectivity index (χ1n) is 11.7. The van der Waals surface area contributed by atoms with Crippen LogP contribution in [-0.4, -0.2) is 34.1 Å². The number of pyridine rings is 1. The van der Waals surface area contributed by atoms with Crippen LogP contribution in [0.3, 0.4) is 0 Å². The Labute approximate surface area is 198 Å². The number of carbonyl (C=O) groups is 1. The van der Waals surface area contributed by atoms with Crippen molar-refractivity contribution in [2.75, 3.05) is 0 Å². The maximum atomic E-state index is 13.8. The third kappa shape index (κ3) is 4.48. The van der Waals surface area contributed by atoms with Gasteiger partial charge in [-0.1, -0.05) is 36.9 Å². The topological polar surface area (TPSA) is 68.7 Å². The lowest BCUT2D eigenvalue weighted by atomic mass is 9.85. The van der Waals surface area contributed by atoms with E-state index in [1.807, 2.05) is 24.3 Å². The van der Waals surface area contributed by atoms with E-state index in [4.69, 9.17) is 14.5 Å². The molecular weight excluding hydrogens is 433 g/mol. The Morgan fingerprint density at radius 1 is 1.15 bits per heavy atom. The van der Waals surface area contributed by atoms with Crippen molar-refractivity contribution in [2.24, 2.45) is 0 Å². The molecule has 3 aromatic rings. The van der Waals surface area contributed by atoms with Gasteiger partial charge >= 0.3 is 5.97 Å². The molecule has 0 amide bonds. The Morgan fingerprint density at radius 3 is 2.53 bits per heavy atom. The minimum atomic E-state index is -0.952. The van der Waals surface area contributed by atoms with Gasteiger partial charge in [-0.05, 0) is 56.0 Å². The predicted molar refractivity (Wildman–Crippen MR) is 129 cm³/mol. The van der Waals surface area contributed by atoms with Gasteiger partial charge < -0.3 is 14.6 Å². The molecule has 2 atom stereocenters. The highest BCUT2D eigenvalue weighted by Gasteiger charge is 2.40. The molecule has 2 heterocycles. The number of aliphatic carboxylic acids is 1. The van der Waals surface area contributed by atoms with Crippen LogP contribution in [0, 0.1) is 5.82 Å². The van der Waals surface area contributed by atoms with E-state index in [1.165, 1.54) is 12.1 Å². The van der Waals surface area contributed by atoms with Gasteiger partial charge in [0.05, 0.1) is 29.8 Å². The van der Waals surface area contributed by atoms with E-state index in [9.17, 15) is 14.3 Å². The van der Waals surface area contributed by atoms with Crippen molar-refractivity contribution in [3.63, 3.8) is 0 Å². The Bertz CT molecular complexity index is 1260. The number of halogens is 1. The number of rotatable bonds is 6. The van der Waals surface area contributed by atoms with Crippen molar-refractivity contribution < 1.29 is 23.8 Å². The summed E-state index contributed by atoms with van der Waals surface area (Å²) in [5.41, 5.74) is 5.38. The molecule has 0 bridgehead atoms. The van der Waals surface area contributed by atoms with Gasteiger partial charge in [-0.3, -0.25) is 9.78 Å². The van der Waals surface area contributed by atoms with Crippen molar-refractivity contribution in [3.8, 4) is 11.1 Å². The molecule has 2 aromatic carbocycles. The normalized spacial score (nSPS) is 22.0. The predicted octanol–water partition coefficient (Wildman–Crippen LogP) is 6.32. The van der Waals surface area contributed by atoms with Crippen LogP contribution in [0.15, 0.2) is 55.1 Å². The molecule has 0 unspecified atom stereocenters. The van der Waals surface area contributed by atoms with Crippen molar-refractivity contribution in [1.82, 2.24) is 4.98 Å². The summed E-state index contributed by atoms with van der Waals surface area (Å²) in [5, 5.41) is 10.3. The Hall–Kier alpha value is -3.09. The van der Waals surface area contributed by atoms with Crippen molar-refractivity contribution >= 4 is 22.4 Å². The maximum absolute atomic E-state index is 13.8. The molecule has 5 nitrogen and oxygen atoms in total. The average molecular weight is 462 g/mol. The largest absolute Gasteiger partial charge is 0.481 e. The van der Waals surface area contributed by atoms with Crippen molar-refractivity contribution in [1.29, 1.82) is 0 Å². The number of fused-ring (bicyclic) bond motifs is 1. The molecular formula is C28H28FNO4. The van der Waals surface area contributed by atoms with E-state index in [1.54, 1.807) is 26.0 Å². The summed E-state index contributed by atoms with van der Waals surface area (Å²) in [5.74, 6) is -1.83. The highest BCUT2D eigenvalue weighted by Crippen LogP contribution is 2.48. The number of ether oxygens (including phenoxy) is 2. The molecule has 1 aliphatic heterocycles. The van der Waals surface area contributed by atoms with Crippen LogP contribution in [0.5, 0.6) is 0 Å². The molecule has 0 spiro atoms. The van der Waals surface area contributed by atoms with E-state index in [0.29, 0.717) is 12.3 Å². The third-order valence-electron chi connectivity index (χ3n) is 6.48. The lowest BCUT2D eigenvalue weighted by Crippen LogP contribution is -2.45. The lowest BCUT2D eigenvalue weighted by Gasteiger charge is -2.41. The number of hydrogen-bond donors (Lipinski definition) is 1. The van der Waals surface area contributed by atoms with Crippen LogP contribution >= 0.6 is 0 Å². The van der Waals surface area contributed by atoms with E-state index in [-0.39, 0.29) is 12.2 Å². The zero-order valence-corrected chi connectivity index (χ0v) is 19.4. The molecule has 176 valence electrons. The van der Waals surface area contributed by atoms with E-state index < -0.39 is 24.0 Å². The van der Waals surface area contributed by atoms with Crippen LogP contribution in [0.1, 0.15) is 56.7 Å². The molecule has 5 rings (SSSR count). The van der Waals surface area contributed by atoms with Gasteiger partial charge in [0.15, 0.2) is 5.79 Å². The number of aromatic nitrogens is 1. The molecule has 1 aliphatic carbocycles. The molecule has 2 aliphatic rings. The van der Waals surface area contributed by atoms with Crippen LogP contribution < -0.4 is 0 Å². The van der Waals surface area contributed by atoms with Crippen LogP contribution in [0.25, 0.3) is 27.6 Å². The van der Waals surface area contributed by atoms with Crippen LogP contribution in [0.2, 0.25) is 0 Å². The minimum absolute atomic E-state index is 0.104. The zero-order valence-electron chi connectivity index (χ0n) is 19.4. The highest BCUT2D eigenvalue weighted by atomic mass is 19.1. The standard InChI is InChI=1S/C28H28FNO4/c1-16(23-14-20(15-24(31)32)33-28(2,3)34-23)25-26(17-10-12-19(29)13-11-17)21-6-4-5-7-22(21)30-27(25)18-8-9-18/h4-7,10-13,18,20,23H,1,8-9,14-15H2,2-3H3,(H,31,32)/t20-,23-/m0/s1. The van der Waals surface area contributed by atoms with Crippen molar-refractivity contribution in [3.05, 3.63) is 72.2 Å². The summed E-state index contributed by atoms with van der Waals surface area (Å²) in [6.07, 6.45) is 1.45. The number of benzene rings is 2. The van der Waals surface area contributed by atoms with Crippen LogP contribution in [0.4, 0.5) is 4.39 Å². The second-order valence-electron chi connectivity index (χ2n) is 9.65. The van der Waals surface area contributed by atoms with Crippen molar-refractivity contribution in [2.45, 2.75) is 63.4 Å². The SMILES string of the molecule is C=C(c1c(C2CC2)nc2ccccc2c1-c1ccc(F)cc1)[C@@H]1C[C@@H](CC(=O)O)OC(C)(C)O1. The molecule has 1 aromatic heterocycles. The molecule has 1 saturated carbocycles. The van der Waals surface area contributed by atoms with E-state index in [2.05, 4.69) is 6.58 Å². The van der Waals surface area contributed by atoms with E-state index in [0.717, 1.165) is 51.7 Å². The minimum Gasteiger partial charge on any atom is -0.481 e. The second-order valence-corrected chi connectivity index (χ2v) is 9.65. The maximum Gasteiger partial charge on any atom is 0.305 e. The number of nitrogens with zero attached hydrogens (tertiary/aromatic N) is 1. The first-order valence-corrected chi connectivity index (χ1v) is 11.7. The Balaban J connectivity index is 1.68. The summed E-state index contributed by atoms with van der Waals surface area (Å²) < 4.78 is 26.0. The Morgan fingerprint density at radius 2 is 1.85 bits per heavy atom. The number of para-hydroxylation sites is 1. The molecule has 0 radical (unpaired) electrons. The summed E-state index contributed by atoms with van der Waals surface area (Å²) in [7, 11) is 0. The van der Waals surface area contributed by atoms with Gasteiger partial charge in [0.25, 0.3) is 0 Å². The summed E-state index contributed by atoms with van der Waals surface area (Å²) in [6.45, 7) is 8.06. The lowest BCUT2D eigenvalue weighted by molar-refractivity contribution is -0.288. The number of carboxylic acid groups (broad SMARTS) is 1. The average Bonchev–Trinajstić information content (AvgIpc) is 3.62. The summed E-state index contributed by atoms with van der Waals surface area (Å²) >= 11 is 0. The zero-order chi connectivity index (χ0) is 24.0. The van der Waals surface area contributed by atoms with Gasteiger partial charge in [0, 0.05) is 28.9 Å². The highest BCUT2D eigenvalue weighted by molar-refractivity contribution is 6.01. The fourth-order valence-corrected chi connectivity index (χ4v) is 4.93. The monoisotopic (exact) mass is 461 g/mol. The van der Waals surface area contributed by atoms with Gasteiger partial charge in [0.1, 0.15) is 5.82 Å². The molecule has 2 fully saturated rings. The van der Waals surface area contributed by atoms with E-state index >= 15 is 0 Å². The van der Waals surface area contributed by atoms with Gasteiger partial charge in [-0.25, -0.2) is 4.39 Å². The Kier molecular flexibility index (Phi) is 5.74. The fraction of sp³-hybridized carbons (Fsp3) is 0.357.